The summed E-state index contributed by atoms with van der Waals surface area (Å²) in [5.74, 6) is 0.442. The number of hydrogen-bond donors (Lipinski definition) is 2. The maximum Gasteiger partial charge on any atom is 0.239 e. The number of aryl methyl sites for hydroxylation is 2. The summed E-state index contributed by atoms with van der Waals surface area (Å²) in [6.07, 6.45) is 2.54. The molecule has 0 bridgehead atoms. The fourth-order valence-corrected chi connectivity index (χ4v) is 1.93. The van der Waals surface area contributed by atoms with E-state index >= 15 is 0 Å². The lowest BCUT2D eigenvalue weighted by Crippen LogP contribution is -2.34. The average molecular weight is 232 g/mol. The molecule has 17 heavy (non-hydrogen) atoms. The molecule has 1 atom stereocenters. The van der Waals surface area contributed by atoms with E-state index in [1.165, 1.54) is 24.0 Å². The number of hydrogen-bond acceptors (Lipinski definition) is 2. The van der Waals surface area contributed by atoms with Crippen LogP contribution in [0.1, 0.15) is 35.6 Å². The molecule has 1 unspecified atom stereocenters. The van der Waals surface area contributed by atoms with Gasteiger partial charge in [0.15, 0.2) is 0 Å². The Hall–Kier alpha value is -1.35. The van der Waals surface area contributed by atoms with Crippen LogP contribution >= 0.6 is 0 Å². The van der Waals surface area contributed by atoms with Crippen molar-refractivity contribution in [2.24, 2.45) is 11.7 Å². The second-order valence-corrected chi connectivity index (χ2v) is 5.03. The van der Waals surface area contributed by atoms with Gasteiger partial charge in [-0.2, -0.15) is 0 Å². The van der Waals surface area contributed by atoms with E-state index in [1.807, 2.05) is 18.2 Å². The molecule has 1 saturated carbocycles. The summed E-state index contributed by atoms with van der Waals surface area (Å²) in [4.78, 5) is 11.5. The summed E-state index contributed by atoms with van der Waals surface area (Å²) in [7, 11) is 0. The predicted molar refractivity (Wildman–Crippen MR) is 68.6 cm³/mol. The molecule has 2 rings (SSSR count). The maximum absolute atomic E-state index is 11.5. The molecule has 0 radical (unpaired) electrons. The summed E-state index contributed by atoms with van der Waals surface area (Å²) in [5, 5.41) is 3.27. The number of nitrogens with two attached hydrogens (primary N) is 1. The van der Waals surface area contributed by atoms with Crippen molar-refractivity contribution in [3.8, 4) is 0 Å². The van der Waals surface area contributed by atoms with Crippen molar-refractivity contribution in [3.05, 3.63) is 34.9 Å². The highest BCUT2D eigenvalue weighted by molar-refractivity contribution is 5.81. The molecule has 0 spiro atoms. The van der Waals surface area contributed by atoms with Crippen LogP contribution in [0.4, 0.5) is 0 Å². The number of carbonyl (C=O) groups is 1. The first kappa shape index (κ1) is 12.1. The molecule has 3 nitrogen and oxygen atoms in total. The first-order chi connectivity index (χ1) is 8.08. The Labute approximate surface area is 102 Å². The molecule has 1 fully saturated rings. The monoisotopic (exact) mass is 232 g/mol. The van der Waals surface area contributed by atoms with Crippen molar-refractivity contribution in [1.82, 2.24) is 5.32 Å². The molecule has 0 heterocycles. The van der Waals surface area contributed by atoms with Crippen LogP contribution in [0.3, 0.4) is 0 Å². The molecule has 0 aromatic heterocycles. The molecule has 3 N–H and O–H groups in total. The number of nitrogens with one attached hydrogen (secondary N) is 1. The van der Waals surface area contributed by atoms with Gasteiger partial charge in [0.25, 0.3) is 0 Å². The van der Waals surface area contributed by atoms with Crippen LogP contribution in [-0.2, 0) is 4.79 Å². The minimum absolute atomic E-state index is 0.297. The lowest BCUT2D eigenvalue weighted by Gasteiger charge is -2.16. The third kappa shape index (κ3) is 3.07. The van der Waals surface area contributed by atoms with E-state index in [0.717, 1.165) is 18.0 Å². The summed E-state index contributed by atoms with van der Waals surface area (Å²) in [5.41, 5.74) is 8.87. The first-order valence-electron chi connectivity index (χ1n) is 6.18. The molecule has 92 valence electrons. The average Bonchev–Trinajstić information content (AvgIpc) is 3.07. The van der Waals surface area contributed by atoms with Crippen molar-refractivity contribution in [2.75, 3.05) is 6.54 Å². The fraction of sp³-hybridized carbons (Fsp3) is 0.500. The van der Waals surface area contributed by atoms with Gasteiger partial charge >= 0.3 is 0 Å². The smallest absolute Gasteiger partial charge is 0.239 e. The molecule has 1 aliphatic rings. The Balaban J connectivity index is 2.12. The molecular weight excluding hydrogens is 212 g/mol. The van der Waals surface area contributed by atoms with E-state index in [1.54, 1.807) is 0 Å². The van der Waals surface area contributed by atoms with Crippen molar-refractivity contribution in [3.63, 3.8) is 0 Å². The standard InChI is InChI=1S/C14H20N2O/c1-9-3-6-12(7-10(9)2)13(14(15)17)16-8-11-4-5-11/h3,6-7,11,13,16H,4-5,8H2,1-2H3,(H2,15,17). The van der Waals surface area contributed by atoms with Gasteiger partial charge in [0.1, 0.15) is 6.04 Å². The zero-order valence-electron chi connectivity index (χ0n) is 10.5. The highest BCUT2D eigenvalue weighted by atomic mass is 16.1. The predicted octanol–water partition coefficient (Wildman–Crippen LogP) is 1.83. The van der Waals surface area contributed by atoms with Crippen molar-refractivity contribution in [1.29, 1.82) is 0 Å². The van der Waals surface area contributed by atoms with E-state index in [4.69, 9.17) is 5.73 Å². The van der Waals surface area contributed by atoms with Crippen LogP contribution in [0.15, 0.2) is 18.2 Å². The highest BCUT2D eigenvalue weighted by Crippen LogP contribution is 2.28. The Morgan fingerprint density at radius 3 is 2.65 bits per heavy atom. The van der Waals surface area contributed by atoms with Crippen LogP contribution in [0.2, 0.25) is 0 Å². The zero-order chi connectivity index (χ0) is 12.4. The van der Waals surface area contributed by atoms with Crippen molar-refractivity contribution in [2.45, 2.75) is 32.7 Å². The summed E-state index contributed by atoms with van der Waals surface area (Å²) < 4.78 is 0. The SMILES string of the molecule is Cc1ccc(C(NCC2CC2)C(N)=O)cc1C. The number of primary amides is 1. The Bertz CT molecular complexity index is 424. The highest BCUT2D eigenvalue weighted by Gasteiger charge is 2.24. The van der Waals surface area contributed by atoms with E-state index in [9.17, 15) is 4.79 Å². The van der Waals surface area contributed by atoms with Gasteiger partial charge in [0.2, 0.25) is 5.91 Å². The topological polar surface area (TPSA) is 55.1 Å². The molecule has 0 saturated heterocycles. The minimum Gasteiger partial charge on any atom is -0.368 e. The van der Waals surface area contributed by atoms with Gasteiger partial charge in [-0.15, -0.1) is 0 Å². The zero-order valence-corrected chi connectivity index (χ0v) is 10.5. The van der Waals surface area contributed by atoms with Gasteiger partial charge in [-0.05, 0) is 55.8 Å². The molecular formula is C14H20N2O. The lowest BCUT2D eigenvalue weighted by atomic mass is 10.0. The second kappa shape index (κ2) is 4.88. The Kier molecular flexibility index (Phi) is 3.48. The second-order valence-electron chi connectivity index (χ2n) is 5.03. The number of carbonyl (C=O) groups excluding carboxylic acids is 1. The molecule has 3 heteroatoms. The van der Waals surface area contributed by atoms with E-state index in [2.05, 4.69) is 19.2 Å². The lowest BCUT2D eigenvalue weighted by molar-refractivity contribution is -0.120. The van der Waals surface area contributed by atoms with Gasteiger partial charge in [-0.3, -0.25) is 4.79 Å². The molecule has 1 amide bonds. The van der Waals surface area contributed by atoms with Gasteiger partial charge in [0.05, 0.1) is 0 Å². The summed E-state index contributed by atoms with van der Waals surface area (Å²) in [6.45, 7) is 5.01. The number of rotatable bonds is 5. The normalized spacial score (nSPS) is 16.8. The van der Waals surface area contributed by atoms with Crippen molar-refractivity contribution < 1.29 is 4.79 Å². The largest absolute Gasteiger partial charge is 0.368 e. The van der Waals surface area contributed by atoms with Crippen LogP contribution in [0, 0.1) is 19.8 Å². The number of amides is 1. The Morgan fingerprint density at radius 2 is 2.12 bits per heavy atom. The first-order valence-corrected chi connectivity index (χ1v) is 6.18. The molecule has 1 aromatic carbocycles. The van der Waals surface area contributed by atoms with Gasteiger partial charge in [-0.25, -0.2) is 0 Å². The Morgan fingerprint density at radius 1 is 1.41 bits per heavy atom. The van der Waals surface area contributed by atoms with E-state index in [0.29, 0.717) is 0 Å². The fourth-order valence-electron chi connectivity index (χ4n) is 1.93. The van der Waals surface area contributed by atoms with Crippen molar-refractivity contribution >= 4 is 5.91 Å². The van der Waals surface area contributed by atoms with Gasteiger partial charge < -0.3 is 11.1 Å². The van der Waals surface area contributed by atoms with Crippen LogP contribution in [-0.4, -0.2) is 12.5 Å². The van der Waals surface area contributed by atoms with Gasteiger partial charge in [0, 0.05) is 0 Å². The quantitative estimate of drug-likeness (QED) is 0.813. The maximum atomic E-state index is 11.5. The minimum atomic E-state index is -0.352. The van der Waals surface area contributed by atoms with E-state index < -0.39 is 0 Å². The number of benzene rings is 1. The summed E-state index contributed by atoms with van der Waals surface area (Å²) >= 11 is 0. The van der Waals surface area contributed by atoms with E-state index in [-0.39, 0.29) is 11.9 Å². The van der Waals surface area contributed by atoms with Crippen LogP contribution in [0.5, 0.6) is 0 Å². The third-order valence-electron chi connectivity index (χ3n) is 3.46. The molecule has 1 aliphatic carbocycles. The third-order valence-corrected chi connectivity index (χ3v) is 3.46. The van der Waals surface area contributed by atoms with Gasteiger partial charge in [-0.1, -0.05) is 18.2 Å². The van der Waals surface area contributed by atoms with Crippen LogP contribution in [0.25, 0.3) is 0 Å². The van der Waals surface area contributed by atoms with Crippen LogP contribution < -0.4 is 11.1 Å². The molecule has 0 aliphatic heterocycles. The summed E-state index contributed by atoms with van der Waals surface area (Å²) in [6, 6.07) is 5.72. The molecule has 1 aromatic rings.